The van der Waals surface area contributed by atoms with Crippen molar-refractivity contribution in [3.8, 4) is 0 Å². The van der Waals surface area contributed by atoms with E-state index in [4.69, 9.17) is 0 Å². The number of alkyl halides is 3. The number of hydrogen-bond donors (Lipinski definition) is 0. The van der Waals surface area contributed by atoms with Gasteiger partial charge in [-0.05, 0) is 29.3 Å². The first kappa shape index (κ1) is 17.8. The number of amides is 1. The molecular formula is C18H12F3NOS2. The maximum atomic E-state index is 12.8. The minimum atomic E-state index is -4.41. The third kappa shape index (κ3) is 4.76. The molecule has 0 saturated heterocycles. The summed E-state index contributed by atoms with van der Waals surface area (Å²) in [5.41, 5.74) is 0.700. The van der Waals surface area contributed by atoms with Gasteiger partial charge in [-0.15, -0.1) is 0 Å². The fraction of sp³-hybridized carbons (Fsp3) is 0.111. The zero-order chi connectivity index (χ0) is 17.9. The number of hydrogen-bond acceptors (Lipinski definition) is 3. The van der Waals surface area contributed by atoms with Crippen LogP contribution in [0.15, 0.2) is 64.5 Å². The zero-order valence-electron chi connectivity index (χ0n) is 12.8. The van der Waals surface area contributed by atoms with E-state index in [1.165, 1.54) is 41.7 Å². The molecule has 0 aromatic heterocycles. The van der Waals surface area contributed by atoms with Gasteiger partial charge >= 0.3 is 6.18 Å². The smallest absolute Gasteiger partial charge is 0.266 e. The first-order valence-electron chi connectivity index (χ1n) is 7.28. The highest BCUT2D eigenvalue weighted by molar-refractivity contribution is 8.40. The maximum Gasteiger partial charge on any atom is 0.416 e. The molecule has 0 radical (unpaired) electrons. The third-order valence-corrected chi connectivity index (χ3v) is 5.52. The lowest BCUT2D eigenvalue weighted by molar-refractivity contribution is -0.137. The van der Waals surface area contributed by atoms with Crippen LogP contribution in [0.25, 0.3) is 6.08 Å². The summed E-state index contributed by atoms with van der Waals surface area (Å²) in [4.78, 5) is 16.3. The Bertz CT molecular complexity index is 845. The van der Waals surface area contributed by atoms with E-state index in [0.717, 1.165) is 17.7 Å². The van der Waals surface area contributed by atoms with Gasteiger partial charge in [0.1, 0.15) is 4.38 Å². The summed E-state index contributed by atoms with van der Waals surface area (Å²) in [6, 6.07) is 14.6. The van der Waals surface area contributed by atoms with Crippen LogP contribution < -0.4 is 0 Å². The van der Waals surface area contributed by atoms with Crippen molar-refractivity contribution < 1.29 is 18.0 Å². The van der Waals surface area contributed by atoms with Crippen LogP contribution in [0.2, 0.25) is 0 Å². The van der Waals surface area contributed by atoms with Gasteiger partial charge in [-0.3, -0.25) is 4.79 Å². The van der Waals surface area contributed by atoms with E-state index in [1.54, 1.807) is 0 Å². The minimum absolute atomic E-state index is 0.329. The molecule has 0 spiro atoms. The van der Waals surface area contributed by atoms with Crippen LogP contribution in [-0.2, 0) is 16.7 Å². The van der Waals surface area contributed by atoms with Gasteiger partial charge in [-0.25, -0.2) is 0 Å². The van der Waals surface area contributed by atoms with Crippen molar-refractivity contribution >= 4 is 39.9 Å². The lowest BCUT2D eigenvalue weighted by Gasteiger charge is -2.07. The molecule has 0 atom stereocenters. The highest BCUT2D eigenvalue weighted by Crippen LogP contribution is 2.36. The van der Waals surface area contributed by atoms with Crippen LogP contribution in [0.4, 0.5) is 13.2 Å². The number of halogens is 3. The largest absolute Gasteiger partial charge is 0.416 e. The number of aliphatic imine (C=N–C) groups is 1. The van der Waals surface area contributed by atoms with Crippen LogP contribution in [-0.4, -0.2) is 10.3 Å². The van der Waals surface area contributed by atoms with Gasteiger partial charge in [-0.2, -0.15) is 18.2 Å². The molecule has 0 saturated carbocycles. The van der Waals surface area contributed by atoms with Crippen molar-refractivity contribution in [3.63, 3.8) is 0 Å². The van der Waals surface area contributed by atoms with Gasteiger partial charge in [0.15, 0.2) is 0 Å². The maximum absolute atomic E-state index is 12.8. The third-order valence-electron chi connectivity index (χ3n) is 3.32. The zero-order valence-corrected chi connectivity index (χ0v) is 14.4. The molecule has 0 aliphatic carbocycles. The van der Waals surface area contributed by atoms with E-state index in [1.807, 2.05) is 30.3 Å². The van der Waals surface area contributed by atoms with E-state index in [0.29, 0.717) is 20.6 Å². The van der Waals surface area contributed by atoms with Crippen molar-refractivity contribution in [3.05, 3.63) is 76.2 Å². The molecule has 128 valence electrons. The van der Waals surface area contributed by atoms with Gasteiger partial charge in [0.05, 0.1) is 10.5 Å². The van der Waals surface area contributed by atoms with Crippen molar-refractivity contribution in [1.82, 2.24) is 0 Å². The second-order valence-electron chi connectivity index (χ2n) is 5.19. The van der Waals surface area contributed by atoms with Crippen LogP contribution >= 0.6 is 23.5 Å². The van der Waals surface area contributed by atoms with Gasteiger partial charge < -0.3 is 0 Å². The highest BCUT2D eigenvalue weighted by Gasteiger charge is 2.30. The van der Waals surface area contributed by atoms with E-state index in [9.17, 15) is 18.0 Å². The van der Waals surface area contributed by atoms with Crippen molar-refractivity contribution in [1.29, 1.82) is 0 Å². The molecule has 1 aliphatic rings. The summed E-state index contributed by atoms with van der Waals surface area (Å²) in [6.45, 7) is 0. The summed E-state index contributed by atoms with van der Waals surface area (Å²) in [5, 5.41) is 0. The van der Waals surface area contributed by atoms with Gasteiger partial charge in [0, 0.05) is 5.75 Å². The average Bonchev–Trinajstić information content (AvgIpc) is 2.93. The van der Waals surface area contributed by atoms with Crippen molar-refractivity contribution in [2.75, 3.05) is 0 Å². The molecule has 0 bridgehead atoms. The van der Waals surface area contributed by atoms with Crippen LogP contribution in [0, 0.1) is 0 Å². The first-order chi connectivity index (χ1) is 11.9. The predicted molar refractivity (Wildman–Crippen MR) is 97.2 cm³/mol. The number of nitrogens with zero attached hydrogens (tertiary/aromatic N) is 1. The molecule has 0 unspecified atom stereocenters. The normalized spacial score (nSPS) is 16.4. The Morgan fingerprint density at radius 3 is 2.56 bits per heavy atom. The number of carbonyl (C=O) groups is 1. The number of rotatable bonds is 3. The molecule has 0 N–H and O–H groups in total. The average molecular weight is 379 g/mol. The Kier molecular flexibility index (Phi) is 5.34. The molecule has 1 amide bonds. The monoisotopic (exact) mass is 379 g/mol. The summed E-state index contributed by atoms with van der Waals surface area (Å²) < 4.78 is 38.9. The molecule has 25 heavy (non-hydrogen) atoms. The first-order valence-corrected chi connectivity index (χ1v) is 9.08. The quantitative estimate of drug-likeness (QED) is 0.649. The van der Waals surface area contributed by atoms with E-state index in [-0.39, 0.29) is 0 Å². The Morgan fingerprint density at radius 2 is 1.84 bits per heavy atom. The van der Waals surface area contributed by atoms with Crippen molar-refractivity contribution in [2.45, 2.75) is 11.9 Å². The lowest BCUT2D eigenvalue weighted by atomic mass is 10.1. The topological polar surface area (TPSA) is 29.4 Å². The standard InChI is InChI=1S/C18H12F3NOS2/c19-18(20,21)14-8-4-7-13(9-14)10-15-16(23)22-17(25-15)24-11-12-5-2-1-3-6-12/h1-10H,11H2/b15-10-. The molecule has 3 rings (SSSR count). The Morgan fingerprint density at radius 1 is 1.08 bits per heavy atom. The lowest BCUT2D eigenvalue weighted by Crippen LogP contribution is -2.04. The second-order valence-corrected chi connectivity index (χ2v) is 7.44. The fourth-order valence-electron chi connectivity index (χ4n) is 2.13. The summed E-state index contributed by atoms with van der Waals surface area (Å²) in [5.74, 6) is 0.259. The summed E-state index contributed by atoms with van der Waals surface area (Å²) in [6.07, 6.45) is -2.96. The van der Waals surface area contributed by atoms with Crippen molar-refractivity contribution in [2.24, 2.45) is 4.99 Å². The molecule has 2 aromatic rings. The molecule has 0 fully saturated rings. The van der Waals surface area contributed by atoms with Gasteiger partial charge in [-0.1, -0.05) is 66.0 Å². The molecule has 2 nitrogen and oxygen atoms in total. The fourth-order valence-corrected chi connectivity index (χ4v) is 4.08. The number of thioether (sulfide) groups is 2. The number of benzene rings is 2. The van der Waals surface area contributed by atoms with Gasteiger partial charge in [0.25, 0.3) is 5.91 Å². The Balaban J connectivity index is 1.69. The SMILES string of the molecule is O=C1N=C(SCc2ccccc2)S/C1=C\c1cccc(C(F)(F)F)c1. The second kappa shape index (κ2) is 7.49. The van der Waals surface area contributed by atoms with Crippen LogP contribution in [0.3, 0.4) is 0 Å². The number of carbonyl (C=O) groups excluding carboxylic acids is 1. The molecule has 2 aromatic carbocycles. The summed E-state index contributed by atoms with van der Waals surface area (Å²) in [7, 11) is 0. The van der Waals surface area contributed by atoms with E-state index < -0.39 is 17.6 Å². The van der Waals surface area contributed by atoms with Gasteiger partial charge in [0.2, 0.25) is 0 Å². The molecular weight excluding hydrogens is 367 g/mol. The molecule has 7 heteroatoms. The highest BCUT2D eigenvalue weighted by atomic mass is 32.2. The molecule has 1 heterocycles. The van der Waals surface area contributed by atoms with E-state index in [2.05, 4.69) is 4.99 Å². The molecule has 1 aliphatic heterocycles. The van der Waals surface area contributed by atoms with E-state index >= 15 is 0 Å². The Hall–Kier alpha value is -1.99. The predicted octanol–water partition coefficient (Wildman–Crippen LogP) is 5.61. The Labute approximate surface area is 151 Å². The van der Waals surface area contributed by atoms with Crippen LogP contribution in [0.1, 0.15) is 16.7 Å². The van der Waals surface area contributed by atoms with Crippen LogP contribution in [0.5, 0.6) is 0 Å². The summed E-state index contributed by atoms with van der Waals surface area (Å²) >= 11 is 2.62. The minimum Gasteiger partial charge on any atom is -0.266 e.